The van der Waals surface area contributed by atoms with Gasteiger partial charge in [-0.15, -0.1) is 0 Å². The van der Waals surface area contributed by atoms with Crippen molar-refractivity contribution in [3.8, 4) is 0 Å². The molecule has 0 spiro atoms. The summed E-state index contributed by atoms with van der Waals surface area (Å²) < 4.78 is 0. The molecular weight excluding hydrogens is 238 g/mol. The molecule has 0 aromatic heterocycles. The zero-order valence-electron chi connectivity index (χ0n) is 13.2. The highest BCUT2D eigenvalue weighted by molar-refractivity contribution is 6.26. The highest BCUT2D eigenvalue weighted by Gasteiger charge is 2.27. The molecule has 5 heteroatoms. The first-order valence-electron chi connectivity index (χ1n) is 6.87. The van der Waals surface area contributed by atoms with E-state index < -0.39 is 0 Å². The van der Waals surface area contributed by atoms with E-state index >= 15 is 0 Å². The van der Waals surface area contributed by atoms with Gasteiger partial charge in [-0.1, -0.05) is 26.3 Å². The summed E-state index contributed by atoms with van der Waals surface area (Å²) in [7, 11) is 3.76. The highest BCUT2D eigenvalue weighted by atomic mass is 15.5. The maximum Gasteiger partial charge on any atom is 0.154 e. The van der Waals surface area contributed by atoms with E-state index in [1.165, 1.54) is 11.1 Å². The zero-order valence-corrected chi connectivity index (χ0v) is 13.2. The molecule has 0 aromatic rings. The molecule has 2 N–H and O–H groups in total. The van der Waals surface area contributed by atoms with Crippen LogP contribution < -0.4 is 5.84 Å². The van der Waals surface area contributed by atoms with E-state index in [1.54, 1.807) is 5.01 Å². The summed E-state index contributed by atoms with van der Waals surface area (Å²) in [6.45, 7) is 10.6. The monoisotopic (exact) mass is 265 g/mol. The molecule has 0 aromatic carbocycles. The third kappa shape index (κ3) is 3.42. The fourth-order valence-electron chi connectivity index (χ4n) is 2.31. The average Bonchev–Trinajstić information content (AvgIpc) is 2.56. The van der Waals surface area contributed by atoms with Crippen molar-refractivity contribution in [2.45, 2.75) is 47.2 Å². The van der Waals surface area contributed by atoms with Crippen LogP contribution >= 0.6 is 0 Å². The van der Waals surface area contributed by atoms with Crippen LogP contribution in [0.3, 0.4) is 0 Å². The molecule has 0 fully saturated rings. The van der Waals surface area contributed by atoms with Crippen LogP contribution in [-0.2, 0) is 0 Å². The number of rotatable bonds is 4. The van der Waals surface area contributed by atoms with Gasteiger partial charge in [-0.25, -0.2) is 10.0 Å². The number of aliphatic imine (C=N–C) groups is 1. The molecule has 0 saturated heterocycles. The Morgan fingerprint density at radius 3 is 2.42 bits per heavy atom. The summed E-state index contributed by atoms with van der Waals surface area (Å²) in [5.41, 5.74) is 3.63. The Morgan fingerprint density at radius 2 is 2.00 bits per heavy atom. The third-order valence-electron chi connectivity index (χ3n) is 3.49. The van der Waals surface area contributed by atoms with Crippen LogP contribution in [0.4, 0.5) is 0 Å². The van der Waals surface area contributed by atoms with Crippen LogP contribution in [0.25, 0.3) is 0 Å². The lowest BCUT2D eigenvalue weighted by atomic mass is 9.92. The van der Waals surface area contributed by atoms with Crippen LogP contribution in [-0.4, -0.2) is 41.8 Å². The lowest BCUT2D eigenvalue weighted by molar-refractivity contribution is 0.272. The fraction of sp³-hybridized carbons (Fsp3) is 0.714. The first-order valence-corrected chi connectivity index (χ1v) is 6.87. The Morgan fingerprint density at radius 1 is 1.42 bits per heavy atom. The van der Waals surface area contributed by atoms with Crippen LogP contribution in [0.15, 0.2) is 21.2 Å². The van der Waals surface area contributed by atoms with E-state index in [-0.39, 0.29) is 6.17 Å². The number of hydrogen-bond acceptors (Lipinski definition) is 4. The largest absolute Gasteiger partial charge is 0.267 e. The number of amidine groups is 1. The van der Waals surface area contributed by atoms with Gasteiger partial charge in [0.2, 0.25) is 0 Å². The fourth-order valence-corrected chi connectivity index (χ4v) is 2.31. The zero-order chi connectivity index (χ0) is 14.7. The van der Waals surface area contributed by atoms with Crippen molar-refractivity contribution in [3.05, 3.63) is 11.1 Å². The Bertz CT molecular complexity index is 418. The normalized spacial score (nSPS) is 22.5. The second-order valence-corrected chi connectivity index (χ2v) is 5.37. The maximum absolute atomic E-state index is 5.76. The van der Waals surface area contributed by atoms with Crippen molar-refractivity contribution < 1.29 is 0 Å². The van der Waals surface area contributed by atoms with E-state index in [0.717, 1.165) is 18.0 Å². The van der Waals surface area contributed by atoms with Gasteiger partial charge in [-0.3, -0.25) is 10.9 Å². The van der Waals surface area contributed by atoms with Crippen LogP contribution in [0, 0.1) is 5.92 Å². The van der Waals surface area contributed by atoms with Gasteiger partial charge >= 0.3 is 0 Å². The topological polar surface area (TPSA) is 57.2 Å². The first kappa shape index (κ1) is 15.9. The van der Waals surface area contributed by atoms with E-state index in [9.17, 15) is 0 Å². The van der Waals surface area contributed by atoms with Crippen molar-refractivity contribution in [1.29, 1.82) is 0 Å². The number of likely N-dealkylation sites (N-methyl/N-ethyl adjacent to an activating group) is 1. The van der Waals surface area contributed by atoms with Gasteiger partial charge in [0.25, 0.3) is 0 Å². The maximum atomic E-state index is 5.76. The first-order chi connectivity index (χ1) is 8.79. The minimum Gasteiger partial charge on any atom is -0.267 e. The smallest absolute Gasteiger partial charge is 0.154 e. The van der Waals surface area contributed by atoms with Gasteiger partial charge in [0.1, 0.15) is 6.17 Å². The molecule has 5 nitrogen and oxygen atoms in total. The minimum absolute atomic E-state index is 0.0705. The Hall–Kier alpha value is -1.20. The molecule has 1 rings (SSSR count). The molecule has 0 radical (unpaired) electrons. The Balaban J connectivity index is 3.30. The molecular formula is C14H27N5. The quantitative estimate of drug-likeness (QED) is 0.626. The number of hydrazine groups is 1. The number of allylic oxidation sites excluding steroid dienone is 1. The second kappa shape index (κ2) is 6.30. The lowest BCUT2D eigenvalue weighted by Gasteiger charge is -2.20. The van der Waals surface area contributed by atoms with Crippen molar-refractivity contribution >= 4 is 11.5 Å². The molecule has 19 heavy (non-hydrogen) atoms. The summed E-state index contributed by atoms with van der Waals surface area (Å²) in [5.74, 6) is 7.18. The average molecular weight is 265 g/mol. The number of nitrogens with two attached hydrogens (primary N) is 1. The van der Waals surface area contributed by atoms with Gasteiger partial charge in [0.05, 0.1) is 5.71 Å². The Kier molecular flexibility index (Phi) is 5.26. The van der Waals surface area contributed by atoms with E-state index in [0.29, 0.717) is 5.92 Å². The van der Waals surface area contributed by atoms with Crippen molar-refractivity contribution in [2.24, 2.45) is 21.9 Å². The molecule has 0 bridgehead atoms. The Labute approximate surface area is 116 Å². The predicted molar refractivity (Wildman–Crippen MR) is 81.9 cm³/mol. The van der Waals surface area contributed by atoms with Gasteiger partial charge in [0, 0.05) is 19.7 Å². The SMILES string of the molecule is CC/C(=C1/C(C)=NN(C)/C1=N/C(C)N(C)N)C(C)C. The number of nitrogens with zero attached hydrogens (tertiary/aromatic N) is 4. The molecule has 1 heterocycles. The second-order valence-electron chi connectivity index (χ2n) is 5.37. The summed E-state index contributed by atoms with van der Waals surface area (Å²) in [6.07, 6.45) is 0.943. The minimum atomic E-state index is -0.0705. The third-order valence-corrected chi connectivity index (χ3v) is 3.49. The summed E-state index contributed by atoms with van der Waals surface area (Å²) in [5, 5.41) is 7.97. The molecule has 1 unspecified atom stereocenters. The van der Waals surface area contributed by atoms with Gasteiger partial charge in [-0.2, -0.15) is 5.10 Å². The molecule has 108 valence electrons. The van der Waals surface area contributed by atoms with E-state index in [4.69, 9.17) is 10.8 Å². The number of hydrogen-bond donors (Lipinski definition) is 1. The predicted octanol–water partition coefficient (Wildman–Crippen LogP) is 2.22. The van der Waals surface area contributed by atoms with Gasteiger partial charge in [-0.05, 0) is 26.2 Å². The summed E-state index contributed by atoms with van der Waals surface area (Å²) in [6, 6.07) is 0. The number of hydrazone groups is 1. The van der Waals surface area contributed by atoms with Gasteiger partial charge in [0.15, 0.2) is 5.84 Å². The van der Waals surface area contributed by atoms with Crippen LogP contribution in [0.1, 0.15) is 41.0 Å². The molecule has 1 aliphatic rings. The van der Waals surface area contributed by atoms with Gasteiger partial charge < -0.3 is 0 Å². The highest BCUT2D eigenvalue weighted by Crippen LogP contribution is 2.26. The van der Waals surface area contributed by atoms with Crippen molar-refractivity contribution in [3.63, 3.8) is 0 Å². The molecule has 0 saturated carbocycles. The summed E-state index contributed by atoms with van der Waals surface area (Å²) in [4.78, 5) is 4.71. The molecule has 1 atom stereocenters. The lowest BCUT2D eigenvalue weighted by Crippen LogP contribution is -2.36. The van der Waals surface area contributed by atoms with Crippen molar-refractivity contribution in [2.75, 3.05) is 14.1 Å². The van der Waals surface area contributed by atoms with Crippen LogP contribution in [0.5, 0.6) is 0 Å². The molecule has 1 aliphatic heterocycles. The summed E-state index contributed by atoms with van der Waals surface area (Å²) >= 11 is 0. The molecule has 0 aliphatic carbocycles. The molecule has 0 amide bonds. The van der Waals surface area contributed by atoms with Crippen LogP contribution in [0.2, 0.25) is 0 Å². The van der Waals surface area contributed by atoms with Crippen molar-refractivity contribution in [1.82, 2.24) is 10.0 Å². The standard InChI is InChI=1S/C14H27N5/c1-8-12(9(2)3)13-10(4)17-19(7)14(13)16-11(5)18(6)15/h9,11H,8,15H2,1-7H3/b13-12+,16-14+. The van der Waals surface area contributed by atoms with E-state index in [1.807, 2.05) is 33.0 Å². The van der Waals surface area contributed by atoms with E-state index in [2.05, 4.69) is 25.9 Å².